The summed E-state index contributed by atoms with van der Waals surface area (Å²) < 4.78 is 2.10. The minimum atomic E-state index is 0. The van der Waals surface area contributed by atoms with Crippen LogP contribution in [0.3, 0.4) is 0 Å². The molecule has 3 aromatic heterocycles. The lowest BCUT2D eigenvalue weighted by atomic mass is 10.1. The Hall–Kier alpha value is -2.55. The molecule has 0 fully saturated rings. The van der Waals surface area contributed by atoms with Crippen molar-refractivity contribution in [2.75, 3.05) is 13.1 Å². The van der Waals surface area contributed by atoms with Gasteiger partial charge in [0.15, 0.2) is 5.96 Å². The van der Waals surface area contributed by atoms with Crippen LogP contribution in [0.5, 0.6) is 0 Å². The molecular weight excluding hydrogens is 487 g/mol. The lowest BCUT2D eigenvalue weighted by molar-refractivity contribution is 0.799. The number of guanidine groups is 1. The van der Waals surface area contributed by atoms with Gasteiger partial charge in [-0.2, -0.15) is 0 Å². The van der Waals surface area contributed by atoms with Crippen molar-refractivity contribution in [2.24, 2.45) is 4.99 Å². The van der Waals surface area contributed by atoms with Gasteiger partial charge in [0.1, 0.15) is 5.65 Å². The number of hydrogen-bond donors (Lipinski definition) is 3. The molecule has 0 saturated carbocycles. The van der Waals surface area contributed by atoms with Gasteiger partial charge in [0.25, 0.3) is 0 Å². The number of nitrogens with zero attached hydrogens (tertiary/aromatic N) is 3. The summed E-state index contributed by atoms with van der Waals surface area (Å²) in [7, 11) is 0. The van der Waals surface area contributed by atoms with Crippen LogP contribution >= 0.6 is 24.0 Å². The number of aliphatic imine (C=N–C) groups is 1. The Kier molecular flexibility index (Phi) is 7.36. The molecule has 158 valence electrons. The summed E-state index contributed by atoms with van der Waals surface area (Å²) in [5.41, 5.74) is 6.92. The number of rotatable bonds is 6. The highest BCUT2D eigenvalue weighted by Crippen LogP contribution is 2.21. The predicted molar refractivity (Wildman–Crippen MR) is 135 cm³/mol. The maximum Gasteiger partial charge on any atom is 0.191 e. The zero-order valence-electron chi connectivity index (χ0n) is 17.7. The smallest absolute Gasteiger partial charge is 0.191 e. The Morgan fingerprint density at radius 1 is 1.13 bits per heavy atom. The molecule has 0 spiro atoms. The van der Waals surface area contributed by atoms with E-state index in [2.05, 4.69) is 82.4 Å². The highest BCUT2D eigenvalue weighted by molar-refractivity contribution is 14.0. The molecule has 4 rings (SSSR count). The Morgan fingerprint density at radius 3 is 2.77 bits per heavy atom. The fraction of sp³-hybridized carbons (Fsp3) is 0.304. The minimum Gasteiger partial charge on any atom is -0.361 e. The molecule has 0 atom stereocenters. The second-order valence-electron chi connectivity index (χ2n) is 7.31. The summed E-state index contributed by atoms with van der Waals surface area (Å²) in [6.07, 6.45) is 5.11. The van der Waals surface area contributed by atoms with E-state index in [0.29, 0.717) is 6.54 Å². The molecule has 1 aromatic carbocycles. The van der Waals surface area contributed by atoms with Gasteiger partial charge in [0.2, 0.25) is 0 Å². The summed E-state index contributed by atoms with van der Waals surface area (Å²) in [6, 6.07) is 12.6. The molecule has 0 aliphatic rings. The normalized spacial score (nSPS) is 11.6. The Morgan fingerprint density at radius 2 is 1.97 bits per heavy atom. The molecule has 0 aliphatic heterocycles. The third-order valence-corrected chi connectivity index (χ3v) is 5.19. The zero-order valence-corrected chi connectivity index (χ0v) is 20.0. The Bertz CT molecular complexity index is 1160. The van der Waals surface area contributed by atoms with E-state index in [-0.39, 0.29) is 24.0 Å². The molecular formula is C23H29IN6. The lowest BCUT2D eigenvalue weighted by Gasteiger charge is -2.10. The summed E-state index contributed by atoms with van der Waals surface area (Å²) in [4.78, 5) is 12.8. The summed E-state index contributed by atoms with van der Waals surface area (Å²) in [6.45, 7) is 8.48. The fourth-order valence-corrected chi connectivity index (χ4v) is 3.66. The van der Waals surface area contributed by atoms with Gasteiger partial charge in [-0.1, -0.05) is 24.3 Å². The van der Waals surface area contributed by atoms with Crippen molar-refractivity contribution in [2.45, 2.75) is 33.7 Å². The first-order chi connectivity index (χ1) is 14.2. The number of imidazole rings is 1. The topological polar surface area (TPSA) is 69.5 Å². The first kappa shape index (κ1) is 22.1. The van der Waals surface area contributed by atoms with E-state index >= 15 is 0 Å². The average molecular weight is 516 g/mol. The molecule has 7 heteroatoms. The van der Waals surface area contributed by atoms with Gasteiger partial charge < -0.3 is 20.0 Å². The number of fused-ring (bicyclic) bond motifs is 2. The summed E-state index contributed by atoms with van der Waals surface area (Å²) in [5, 5.41) is 8.06. The third-order valence-electron chi connectivity index (χ3n) is 5.19. The first-order valence-corrected chi connectivity index (χ1v) is 10.2. The van der Waals surface area contributed by atoms with Crippen molar-refractivity contribution in [1.82, 2.24) is 25.0 Å². The van der Waals surface area contributed by atoms with Crippen molar-refractivity contribution >= 4 is 46.5 Å². The second kappa shape index (κ2) is 9.97. The van der Waals surface area contributed by atoms with E-state index in [4.69, 9.17) is 4.99 Å². The fourth-order valence-electron chi connectivity index (χ4n) is 3.66. The van der Waals surface area contributed by atoms with Crippen LogP contribution in [0.2, 0.25) is 0 Å². The van der Waals surface area contributed by atoms with Gasteiger partial charge in [-0.25, -0.2) is 9.98 Å². The van der Waals surface area contributed by atoms with E-state index in [0.717, 1.165) is 36.8 Å². The van der Waals surface area contributed by atoms with Gasteiger partial charge >= 0.3 is 0 Å². The number of aryl methyl sites for hydroxylation is 2. The van der Waals surface area contributed by atoms with Crippen molar-refractivity contribution in [3.63, 3.8) is 0 Å². The number of para-hydroxylation sites is 1. The predicted octanol–water partition coefficient (Wildman–Crippen LogP) is 4.35. The van der Waals surface area contributed by atoms with E-state index in [1.807, 2.05) is 12.1 Å². The SMILES string of the molecule is CCNC(=NCc1cn2c(C)cccc2n1)NCCc1c[nH]c2c(C)cccc12.I. The van der Waals surface area contributed by atoms with Crippen molar-refractivity contribution in [3.8, 4) is 0 Å². The monoisotopic (exact) mass is 516 g/mol. The Labute approximate surface area is 194 Å². The van der Waals surface area contributed by atoms with Crippen LogP contribution < -0.4 is 10.6 Å². The number of hydrogen-bond acceptors (Lipinski definition) is 2. The quantitative estimate of drug-likeness (QED) is 0.203. The molecule has 0 aliphatic carbocycles. The number of benzene rings is 1. The van der Waals surface area contributed by atoms with Crippen LogP contribution in [-0.2, 0) is 13.0 Å². The molecule has 0 bridgehead atoms. The van der Waals surface area contributed by atoms with Crippen molar-refractivity contribution in [3.05, 3.63) is 71.3 Å². The second-order valence-corrected chi connectivity index (χ2v) is 7.31. The first-order valence-electron chi connectivity index (χ1n) is 10.2. The van der Waals surface area contributed by atoms with Gasteiger partial charge in [-0.05, 0) is 50.5 Å². The molecule has 3 N–H and O–H groups in total. The number of halogens is 1. The number of H-pyrrole nitrogens is 1. The molecule has 6 nitrogen and oxygen atoms in total. The molecule has 0 saturated heterocycles. The molecule has 0 unspecified atom stereocenters. The van der Waals surface area contributed by atoms with E-state index in [1.54, 1.807) is 0 Å². The van der Waals surface area contributed by atoms with Crippen molar-refractivity contribution < 1.29 is 0 Å². The summed E-state index contributed by atoms with van der Waals surface area (Å²) >= 11 is 0. The average Bonchev–Trinajstić information content (AvgIpc) is 3.32. The Balaban J connectivity index is 0.00000256. The van der Waals surface area contributed by atoms with Gasteiger partial charge in [-0.15, -0.1) is 24.0 Å². The maximum absolute atomic E-state index is 4.71. The summed E-state index contributed by atoms with van der Waals surface area (Å²) in [5.74, 6) is 0.817. The molecule has 4 aromatic rings. The van der Waals surface area contributed by atoms with Crippen LogP contribution in [0.15, 0.2) is 53.8 Å². The third kappa shape index (κ3) is 4.77. The molecule has 30 heavy (non-hydrogen) atoms. The van der Waals surface area contributed by atoms with Gasteiger partial charge in [0.05, 0.1) is 12.2 Å². The molecule has 0 radical (unpaired) electrons. The minimum absolute atomic E-state index is 0. The van der Waals surface area contributed by atoms with E-state index in [9.17, 15) is 0 Å². The van der Waals surface area contributed by atoms with Gasteiger partial charge in [-0.3, -0.25) is 0 Å². The van der Waals surface area contributed by atoms with Crippen LogP contribution in [-0.4, -0.2) is 33.4 Å². The number of pyridine rings is 1. The van der Waals surface area contributed by atoms with Crippen LogP contribution in [0, 0.1) is 13.8 Å². The number of nitrogens with one attached hydrogen (secondary N) is 3. The van der Waals surface area contributed by atoms with Crippen molar-refractivity contribution in [1.29, 1.82) is 0 Å². The molecule has 3 heterocycles. The lowest BCUT2D eigenvalue weighted by Crippen LogP contribution is -2.38. The van der Waals surface area contributed by atoms with Gasteiger partial charge in [0, 0.05) is 42.1 Å². The zero-order chi connectivity index (χ0) is 20.2. The van der Waals surface area contributed by atoms with E-state index in [1.165, 1.54) is 27.7 Å². The van der Waals surface area contributed by atoms with E-state index < -0.39 is 0 Å². The number of aromatic nitrogens is 3. The van der Waals surface area contributed by atoms with Crippen LogP contribution in [0.25, 0.3) is 16.6 Å². The standard InChI is InChI=1S/C23H28N6.HI/c1-4-24-23(27-14-19-15-29-17(3)8-6-10-21(29)28-19)25-12-11-18-13-26-22-16(2)7-5-9-20(18)22;/h5-10,13,15,26H,4,11-12,14H2,1-3H3,(H2,24,25,27);1H. The van der Waals surface area contributed by atoms with Crippen LogP contribution in [0.4, 0.5) is 0 Å². The largest absolute Gasteiger partial charge is 0.361 e. The van der Waals surface area contributed by atoms with Crippen LogP contribution in [0.1, 0.15) is 29.4 Å². The number of aromatic amines is 1. The highest BCUT2D eigenvalue weighted by Gasteiger charge is 2.06. The molecule has 0 amide bonds. The highest BCUT2D eigenvalue weighted by atomic mass is 127. The maximum atomic E-state index is 4.71.